The highest BCUT2D eigenvalue weighted by molar-refractivity contribution is 5.92. The molecule has 1 fully saturated rings. The van der Waals surface area contributed by atoms with Gasteiger partial charge in [-0.3, -0.25) is 5.10 Å². The van der Waals surface area contributed by atoms with Gasteiger partial charge in [0.25, 0.3) is 0 Å². The number of rotatable bonds is 2. The van der Waals surface area contributed by atoms with Crippen molar-refractivity contribution in [3.8, 4) is 0 Å². The molecule has 3 rings (SSSR count). The second kappa shape index (κ2) is 5.24. The third-order valence-electron chi connectivity index (χ3n) is 4.18. The number of carbonyl (C=O) groups is 1. The van der Waals surface area contributed by atoms with E-state index < -0.39 is 5.60 Å². The minimum Gasteiger partial charge on any atom is -0.388 e. The Morgan fingerprint density at radius 1 is 1.55 bits per heavy atom. The number of hydrogen-bond donors (Lipinski definition) is 3. The van der Waals surface area contributed by atoms with E-state index in [2.05, 4.69) is 20.5 Å². The quantitative estimate of drug-likeness (QED) is 0.791. The van der Waals surface area contributed by atoms with Gasteiger partial charge >= 0.3 is 6.03 Å². The summed E-state index contributed by atoms with van der Waals surface area (Å²) in [5.74, 6) is 0. The number of nitrogens with zero attached hydrogens (tertiary/aromatic N) is 3. The molecule has 7 heteroatoms. The molecule has 0 unspecified atom stereocenters. The van der Waals surface area contributed by atoms with Crippen LogP contribution in [0.25, 0.3) is 11.0 Å². The summed E-state index contributed by atoms with van der Waals surface area (Å²) in [6, 6.07) is 1.49. The van der Waals surface area contributed by atoms with E-state index in [-0.39, 0.29) is 12.1 Å². The molecule has 0 spiro atoms. The molecule has 2 aromatic heterocycles. The number of fused-ring (bicyclic) bond motifs is 1. The first-order valence-corrected chi connectivity index (χ1v) is 7.47. The molecule has 3 heterocycles. The average molecular weight is 303 g/mol. The van der Waals surface area contributed by atoms with E-state index in [1.54, 1.807) is 24.9 Å². The molecule has 1 saturated heterocycles. The summed E-state index contributed by atoms with van der Waals surface area (Å²) in [5.41, 5.74) is 1.26. The Morgan fingerprint density at radius 3 is 3.05 bits per heavy atom. The maximum Gasteiger partial charge on any atom is 0.322 e. The monoisotopic (exact) mass is 303 g/mol. The summed E-state index contributed by atoms with van der Waals surface area (Å²) >= 11 is 0. The summed E-state index contributed by atoms with van der Waals surface area (Å²) < 4.78 is 0. The lowest BCUT2D eigenvalue weighted by Gasteiger charge is -2.33. The van der Waals surface area contributed by atoms with Crippen LogP contribution in [0.15, 0.2) is 12.3 Å². The number of aromatic amines is 1. The summed E-state index contributed by atoms with van der Waals surface area (Å²) in [5, 5.41) is 20.9. The van der Waals surface area contributed by atoms with Crippen LogP contribution >= 0.6 is 0 Å². The maximum atomic E-state index is 12.5. The number of pyridine rings is 1. The Kier molecular flexibility index (Phi) is 3.52. The van der Waals surface area contributed by atoms with Gasteiger partial charge in [-0.1, -0.05) is 0 Å². The number of aliphatic hydroxyl groups is 1. The van der Waals surface area contributed by atoms with Crippen LogP contribution in [0.4, 0.5) is 10.5 Å². The molecule has 7 nitrogen and oxygen atoms in total. The van der Waals surface area contributed by atoms with Crippen LogP contribution in [0.1, 0.15) is 32.4 Å². The van der Waals surface area contributed by atoms with Crippen molar-refractivity contribution < 1.29 is 9.90 Å². The highest BCUT2D eigenvalue weighted by Gasteiger charge is 2.38. The third kappa shape index (κ3) is 2.64. The summed E-state index contributed by atoms with van der Waals surface area (Å²) in [4.78, 5) is 18.4. The number of hydrogen-bond acceptors (Lipinski definition) is 4. The first-order valence-electron chi connectivity index (χ1n) is 7.47. The van der Waals surface area contributed by atoms with Gasteiger partial charge in [0.2, 0.25) is 0 Å². The standard InChI is InChI=1S/C15H21N5O2/c1-9-11-7-10(8-16-13(11)19-18-9)17-14(21)20-6-4-5-12(20)15(2,3)22/h7-8,12,22H,4-6H2,1-3H3,(H,17,21)(H,16,18,19)/t12-/m1/s1. The molecule has 1 aliphatic rings. The Balaban J connectivity index is 1.79. The van der Waals surface area contributed by atoms with Crippen molar-refractivity contribution in [2.75, 3.05) is 11.9 Å². The van der Waals surface area contributed by atoms with E-state index in [9.17, 15) is 9.90 Å². The smallest absolute Gasteiger partial charge is 0.322 e. The minimum atomic E-state index is -0.906. The van der Waals surface area contributed by atoms with Gasteiger partial charge < -0.3 is 15.3 Å². The Labute approximate surface area is 128 Å². The maximum absolute atomic E-state index is 12.5. The minimum absolute atomic E-state index is 0.167. The van der Waals surface area contributed by atoms with Crippen LogP contribution in [-0.4, -0.2) is 49.4 Å². The fraction of sp³-hybridized carbons (Fsp3) is 0.533. The van der Waals surface area contributed by atoms with Crippen molar-refractivity contribution in [3.05, 3.63) is 18.0 Å². The number of carbonyl (C=O) groups excluding carboxylic acids is 1. The molecule has 3 N–H and O–H groups in total. The second-order valence-corrected chi connectivity index (χ2v) is 6.38. The van der Waals surface area contributed by atoms with E-state index >= 15 is 0 Å². The molecule has 1 atom stereocenters. The number of H-pyrrole nitrogens is 1. The number of aromatic nitrogens is 3. The highest BCUT2D eigenvalue weighted by Crippen LogP contribution is 2.27. The van der Waals surface area contributed by atoms with E-state index in [1.807, 2.05) is 13.0 Å². The molecule has 0 radical (unpaired) electrons. The molecule has 22 heavy (non-hydrogen) atoms. The van der Waals surface area contributed by atoms with E-state index in [4.69, 9.17) is 0 Å². The lowest BCUT2D eigenvalue weighted by Crippen LogP contribution is -2.49. The fourth-order valence-electron chi connectivity index (χ4n) is 3.03. The number of nitrogens with one attached hydrogen (secondary N) is 2. The van der Waals surface area contributed by atoms with E-state index in [1.165, 1.54) is 0 Å². The average Bonchev–Trinajstić information content (AvgIpc) is 3.06. The third-order valence-corrected chi connectivity index (χ3v) is 4.18. The van der Waals surface area contributed by atoms with Crippen LogP contribution in [0, 0.1) is 6.92 Å². The Bertz CT molecular complexity index is 704. The molecule has 2 amide bonds. The fourth-order valence-corrected chi connectivity index (χ4v) is 3.03. The Hall–Kier alpha value is -2.15. The first kappa shape index (κ1) is 14.8. The number of likely N-dealkylation sites (tertiary alicyclic amines) is 1. The van der Waals surface area contributed by atoms with Crippen LogP contribution < -0.4 is 5.32 Å². The predicted octanol–water partition coefficient (Wildman–Crippen LogP) is 2.03. The van der Waals surface area contributed by atoms with Crippen molar-refractivity contribution >= 4 is 22.8 Å². The van der Waals surface area contributed by atoms with E-state index in [0.29, 0.717) is 17.9 Å². The lowest BCUT2D eigenvalue weighted by molar-refractivity contribution is 0.0117. The van der Waals surface area contributed by atoms with E-state index in [0.717, 1.165) is 23.9 Å². The zero-order valence-electron chi connectivity index (χ0n) is 13.1. The molecule has 118 valence electrons. The zero-order chi connectivity index (χ0) is 15.9. The van der Waals surface area contributed by atoms with Gasteiger partial charge in [0, 0.05) is 17.6 Å². The van der Waals surface area contributed by atoms with Crippen molar-refractivity contribution in [1.29, 1.82) is 0 Å². The first-order chi connectivity index (χ1) is 10.4. The van der Waals surface area contributed by atoms with Crippen molar-refractivity contribution in [2.45, 2.75) is 45.3 Å². The topological polar surface area (TPSA) is 94.1 Å². The van der Waals surface area contributed by atoms with Gasteiger partial charge in [0.05, 0.1) is 23.5 Å². The number of aryl methyl sites for hydroxylation is 1. The van der Waals surface area contributed by atoms with Crippen LogP contribution in [0.5, 0.6) is 0 Å². The van der Waals surface area contributed by atoms with Crippen LogP contribution in [-0.2, 0) is 0 Å². The van der Waals surface area contributed by atoms with Crippen LogP contribution in [0.3, 0.4) is 0 Å². The molecule has 0 aliphatic carbocycles. The number of anilines is 1. The molecule has 1 aliphatic heterocycles. The molecular formula is C15H21N5O2. The van der Waals surface area contributed by atoms with Crippen molar-refractivity contribution in [1.82, 2.24) is 20.1 Å². The van der Waals surface area contributed by atoms with Crippen molar-refractivity contribution in [2.24, 2.45) is 0 Å². The number of amides is 2. The summed E-state index contributed by atoms with van der Waals surface area (Å²) in [6.07, 6.45) is 3.31. The van der Waals surface area contributed by atoms with Crippen LogP contribution in [0.2, 0.25) is 0 Å². The molecular weight excluding hydrogens is 282 g/mol. The molecule has 2 aromatic rings. The second-order valence-electron chi connectivity index (χ2n) is 6.38. The molecule has 0 bridgehead atoms. The highest BCUT2D eigenvalue weighted by atomic mass is 16.3. The largest absolute Gasteiger partial charge is 0.388 e. The predicted molar refractivity (Wildman–Crippen MR) is 83.7 cm³/mol. The van der Waals surface area contributed by atoms with Gasteiger partial charge in [-0.25, -0.2) is 9.78 Å². The van der Waals surface area contributed by atoms with Gasteiger partial charge in [-0.05, 0) is 39.7 Å². The normalized spacial score (nSPS) is 18.9. The lowest BCUT2D eigenvalue weighted by atomic mass is 9.97. The molecule has 0 aromatic carbocycles. The number of urea groups is 1. The summed E-state index contributed by atoms with van der Waals surface area (Å²) in [7, 11) is 0. The Morgan fingerprint density at radius 2 is 2.32 bits per heavy atom. The zero-order valence-corrected chi connectivity index (χ0v) is 13.1. The van der Waals surface area contributed by atoms with Gasteiger partial charge in [0.1, 0.15) is 0 Å². The van der Waals surface area contributed by atoms with Gasteiger partial charge in [-0.2, -0.15) is 5.10 Å². The SMILES string of the molecule is Cc1[nH]nc2ncc(NC(=O)N3CCC[C@@H]3C(C)(C)O)cc12. The van der Waals surface area contributed by atoms with Gasteiger partial charge in [0.15, 0.2) is 5.65 Å². The molecule has 0 saturated carbocycles. The summed E-state index contributed by atoms with van der Waals surface area (Å²) in [6.45, 7) is 6.05. The van der Waals surface area contributed by atoms with Crippen molar-refractivity contribution in [3.63, 3.8) is 0 Å². The van der Waals surface area contributed by atoms with Gasteiger partial charge in [-0.15, -0.1) is 0 Å².